The largest absolute Gasteiger partial charge is 0.480 e. The standard InChI is InChI=1S/C24H44N4O5/c1-4-24(2,3)21(29)8-7-20(23(32)33)28-12-6-10-25-13-14-26(17-18-28)9-5-11-27(16-15-25)19-22(30)31/h20H,4-19H2,1-3H3,(H,30,31)(H,32,33). The van der Waals surface area contributed by atoms with Crippen LogP contribution in [0.25, 0.3) is 0 Å². The highest BCUT2D eigenvalue weighted by molar-refractivity contribution is 5.84. The quantitative estimate of drug-likeness (QED) is 0.518. The third kappa shape index (κ3) is 9.31. The molecule has 2 saturated heterocycles. The average molecular weight is 469 g/mol. The summed E-state index contributed by atoms with van der Waals surface area (Å²) in [6.07, 6.45) is 3.16. The first kappa shape index (κ1) is 27.7. The molecule has 2 heterocycles. The topological polar surface area (TPSA) is 105 Å². The number of carbonyl (C=O) groups excluding carboxylic acids is 1. The van der Waals surface area contributed by atoms with E-state index in [1.165, 1.54) is 0 Å². The summed E-state index contributed by atoms with van der Waals surface area (Å²) in [5, 5.41) is 19.2. The molecular weight excluding hydrogens is 424 g/mol. The molecule has 33 heavy (non-hydrogen) atoms. The molecule has 0 radical (unpaired) electrons. The fourth-order valence-electron chi connectivity index (χ4n) is 4.67. The number of fused-ring (bicyclic) bond motifs is 3. The summed E-state index contributed by atoms with van der Waals surface area (Å²) in [6.45, 7) is 14.0. The van der Waals surface area contributed by atoms with Crippen LogP contribution in [0.4, 0.5) is 0 Å². The smallest absolute Gasteiger partial charge is 0.320 e. The van der Waals surface area contributed by atoms with Crippen LogP contribution in [0.5, 0.6) is 0 Å². The predicted octanol–water partition coefficient (Wildman–Crippen LogP) is 1.33. The summed E-state index contributed by atoms with van der Waals surface area (Å²) in [5.41, 5.74) is -0.408. The number of Topliss-reactive ketones (excluding diaryl/α,β-unsaturated/α-hetero) is 1. The Morgan fingerprint density at radius 2 is 1.39 bits per heavy atom. The maximum Gasteiger partial charge on any atom is 0.320 e. The molecule has 2 N–H and O–H groups in total. The molecule has 9 nitrogen and oxygen atoms in total. The minimum absolute atomic E-state index is 0.0788. The molecule has 2 aliphatic heterocycles. The van der Waals surface area contributed by atoms with Gasteiger partial charge in [0.2, 0.25) is 0 Å². The van der Waals surface area contributed by atoms with Gasteiger partial charge in [0.05, 0.1) is 6.54 Å². The lowest BCUT2D eigenvalue weighted by atomic mass is 9.82. The van der Waals surface area contributed by atoms with Crippen LogP contribution in [0.15, 0.2) is 0 Å². The van der Waals surface area contributed by atoms with Crippen molar-refractivity contribution in [3.8, 4) is 0 Å². The number of hydrogen-bond donors (Lipinski definition) is 2. The Hall–Kier alpha value is -1.55. The van der Waals surface area contributed by atoms with Crippen molar-refractivity contribution in [2.45, 2.75) is 58.9 Å². The van der Waals surface area contributed by atoms with Crippen LogP contribution in [0.1, 0.15) is 52.9 Å². The number of aliphatic carboxylic acids is 2. The summed E-state index contributed by atoms with van der Waals surface area (Å²) >= 11 is 0. The summed E-state index contributed by atoms with van der Waals surface area (Å²) in [5.74, 6) is -1.49. The first-order valence-electron chi connectivity index (χ1n) is 12.5. The SMILES string of the molecule is CCC(C)(C)C(=O)CCC(C(=O)O)N1CCCN2CCN(CCCN(CC(=O)O)CC2)CC1. The molecule has 0 aromatic rings. The Balaban J connectivity index is 2.04. The highest BCUT2D eigenvalue weighted by Gasteiger charge is 2.31. The van der Waals surface area contributed by atoms with Crippen LogP contribution in [0, 0.1) is 5.41 Å². The number of carboxylic acids is 2. The molecule has 0 aromatic carbocycles. The van der Waals surface area contributed by atoms with E-state index in [0.29, 0.717) is 25.9 Å². The first-order chi connectivity index (χ1) is 15.6. The van der Waals surface area contributed by atoms with Crippen molar-refractivity contribution in [3.63, 3.8) is 0 Å². The first-order valence-corrected chi connectivity index (χ1v) is 12.5. The van der Waals surface area contributed by atoms with E-state index in [9.17, 15) is 24.6 Å². The Bertz CT molecular complexity index is 657. The van der Waals surface area contributed by atoms with E-state index < -0.39 is 23.4 Å². The Morgan fingerprint density at radius 1 is 0.818 bits per heavy atom. The summed E-state index contributed by atoms with van der Waals surface area (Å²) in [4.78, 5) is 44.8. The van der Waals surface area contributed by atoms with Gasteiger partial charge in [-0.3, -0.25) is 24.2 Å². The van der Waals surface area contributed by atoms with Crippen molar-refractivity contribution in [3.05, 3.63) is 0 Å². The van der Waals surface area contributed by atoms with Gasteiger partial charge in [0.25, 0.3) is 0 Å². The number of carboxylic acid groups (broad SMARTS) is 2. The Morgan fingerprint density at radius 3 is 1.97 bits per heavy atom. The molecule has 0 saturated carbocycles. The highest BCUT2D eigenvalue weighted by Crippen LogP contribution is 2.24. The molecule has 0 amide bonds. The van der Waals surface area contributed by atoms with Gasteiger partial charge in [-0.25, -0.2) is 0 Å². The zero-order valence-corrected chi connectivity index (χ0v) is 20.8. The monoisotopic (exact) mass is 468 g/mol. The number of carbonyl (C=O) groups is 3. The second kappa shape index (κ2) is 13.4. The zero-order chi connectivity index (χ0) is 24.4. The molecule has 3 atom stereocenters. The van der Waals surface area contributed by atoms with Gasteiger partial charge in [-0.1, -0.05) is 20.8 Å². The van der Waals surface area contributed by atoms with Crippen LogP contribution in [0.2, 0.25) is 0 Å². The van der Waals surface area contributed by atoms with Crippen LogP contribution < -0.4 is 0 Å². The predicted molar refractivity (Wildman–Crippen MR) is 127 cm³/mol. The van der Waals surface area contributed by atoms with Crippen molar-refractivity contribution in [1.82, 2.24) is 19.6 Å². The maximum atomic E-state index is 12.6. The highest BCUT2D eigenvalue weighted by atomic mass is 16.4. The molecule has 3 unspecified atom stereocenters. The molecule has 2 aliphatic rings. The Labute approximate surface area is 198 Å². The van der Waals surface area contributed by atoms with Crippen LogP contribution in [-0.2, 0) is 14.4 Å². The van der Waals surface area contributed by atoms with Gasteiger partial charge in [-0.2, -0.15) is 0 Å². The summed E-state index contributed by atoms with van der Waals surface area (Å²) in [6, 6.07) is -0.643. The van der Waals surface area contributed by atoms with E-state index in [-0.39, 0.29) is 12.3 Å². The molecule has 190 valence electrons. The number of hydrogen-bond acceptors (Lipinski definition) is 7. The third-order valence-electron chi connectivity index (χ3n) is 7.40. The van der Waals surface area contributed by atoms with Gasteiger partial charge in [-0.05, 0) is 38.8 Å². The summed E-state index contributed by atoms with van der Waals surface area (Å²) in [7, 11) is 0. The number of nitrogens with zero attached hydrogens (tertiary/aromatic N) is 4. The second-order valence-electron chi connectivity index (χ2n) is 10.1. The molecule has 0 spiro atoms. The Kier molecular flexibility index (Phi) is 11.2. The minimum Gasteiger partial charge on any atom is -0.480 e. The van der Waals surface area contributed by atoms with E-state index in [1.807, 2.05) is 25.7 Å². The van der Waals surface area contributed by atoms with Crippen LogP contribution >= 0.6 is 0 Å². The molecule has 9 heteroatoms. The van der Waals surface area contributed by atoms with Crippen molar-refractivity contribution < 1.29 is 24.6 Å². The fourth-order valence-corrected chi connectivity index (χ4v) is 4.67. The fraction of sp³-hybridized carbons (Fsp3) is 0.875. The van der Waals surface area contributed by atoms with Gasteiger partial charge < -0.3 is 20.0 Å². The second-order valence-corrected chi connectivity index (χ2v) is 10.1. The lowest BCUT2D eigenvalue weighted by Gasteiger charge is -2.37. The van der Waals surface area contributed by atoms with Gasteiger partial charge >= 0.3 is 11.9 Å². The van der Waals surface area contributed by atoms with Crippen molar-refractivity contribution in [2.75, 3.05) is 72.0 Å². The molecule has 2 rings (SSSR count). The molecular formula is C24H44N4O5. The van der Waals surface area contributed by atoms with Crippen LogP contribution in [0.3, 0.4) is 0 Å². The van der Waals surface area contributed by atoms with Crippen LogP contribution in [-0.4, -0.2) is 126 Å². The van der Waals surface area contributed by atoms with E-state index in [0.717, 1.165) is 71.6 Å². The third-order valence-corrected chi connectivity index (χ3v) is 7.40. The van der Waals surface area contributed by atoms with E-state index in [4.69, 9.17) is 0 Å². The van der Waals surface area contributed by atoms with Gasteiger partial charge in [0.1, 0.15) is 11.8 Å². The van der Waals surface area contributed by atoms with E-state index >= 15 is 0 Å². The van der Waals surface area contributed by atoms with Crippen molar-refractivity contribution >= 4 is 17.7 Å². The lowest BCUT2D eigenvalue weighted by molar-refractivity contribution is -0.144. The normalized spacial score (nSPS) is 25.3. The molecule has 0 aromatic heterocycles. The van der Waals surface area contributed by atoms with Crippen molar-refractivity contribution in [1.29, 1.82) is 0 Å². The summed E-state index contributed by atoms with van der Waals surface area (Å²) < 4.78 is 0. The van der Waals surface area contributed by atoms with Gasteiger partial charge in [0.15, 0.2) is 0 Å². The number of ketones is 1. The number of rotatable bonds is 9. The van der Waals surface area contributed by atoms with Gasteiger partial charge in [-0.15, -0.1) is 0 Å². The molecule has 2 fully saturated rings. The lowest BCUT2D eigenvalue weighted by Crippen LogP contribution is -2.50. The van der Waals surface area contributed by atoms with E-state index in [2.05, 4.69) is 14.7 Å². The van der Waals surface area contributed by atoms with Crippen molar-refractivity contribution in [2.24, 2.45) is 5.41 Å². The zero-order valence-electron chi connectivity index (χ0n) is 20.8. The molecule has 0 aliphatic carbocycles. The molecule has 2 bridgehead atoms. The van der Waals surface area contributed by atoms with E-state index in [1.54, 1.807) is 0 Å². The van der Waals surface area contributed by atoms with Gasteiger partial charge in [0, 0.05) is 64.2 Å². The maximum absolute atomic E-state index is 12.6. The minimum atomic E-state index is -0.844. The average Bonchev–Trinajstić information content (AvgIpc) is 2.76.